The summed E-state index contributed by atoms with van der Waals surface area (Å²) in [6.07, 6.45) is 3.00. The summed E-state index contributed by atoms with van der Waals surface area (Å²) in [6, 6.07) is 16.3. The lowest BCUT2D eigenvalue weighted by molar-refractivity contribution is -0.938. The van der Waals surface area contributed by atoms with E-state index in [0.717, 1.165) is 42.4 Å². The Hall–Kier alpha value is -3.17. The van der Waals surface area contributed by atoms with E-state index in [1.165, 1.54) is 0 Å². The number of ether oxygens (including phenoxy) is 2. The molecule has 1 aromatic heterocycles. The fourth-order valence-corrected chi connectivity index (χ4v) is 5.99. The highest BCUT2D eigenvalue weighted by atomic mass is 79.9. The van der Waals surface area contributed by atoms with E-state index in [1.807, 2.05) is 60.8 Å². The molecule has 0 saturated carbocycles. The van der Waals surface area contributed by atoms with Gasteiger partial charge in [0.25, 0.3) is 0 Å². The van der Waals surface area contributed by atoms with Crippen LogP contribution >= 0.6 is 0 Å². The predicted molar refractivity (Wildman–Crippen MR) is 148 cm³/mol. The predicted octanol–water partition coefficient (Wildman–Crippen LogP) is 1.64. The zero-order valence-electron chi connectivity index (χ0n) is 23.3. The number of alkyl carbamates (subject to hydrolysis) is 1. The van der Waals surface area contributed by atoms with Gasteiger partial charge in [-0.25, -0.2) is 9.59 Å². The number of halogens is 1. The van der Waals surface area contributed by atoms with Gasteiger partial charge in [0.1, 0.15) is 24.7 Å². The van der Waals surface area contributed by atoms with Crippen molar-refractivity contribution < 1.29 is 45.3 Å². The fourth-order valence-electron chi connectivity index (χ4n) is 5.99. The Morgan fingerprint density at radius 3 is 2.40 bits per heavy atom. The number of rotatable bonds is 8. The van der Waals surface area contributed by atoms with Crippen LogP contribution in [-0.2, 0) is 20.7 Å². The van der Waals surface area contributed by atoms with E-state index in [-0.39, 0.29) is 41.2 Å². The smallest absolute Gasteiger partial charge is 0.408 e. The molecular weight excluding hydrogens is 574 g/mol. The molecule has 9 heteroatoms. The van der Waals surface area contributed by atoms with Crippen molar-refractivity contribution in [3.05, 3.63) is 71.9 Å². The minimum Gasteiger partial charge on any atom is -1.00 e. The van der Waals surface area contributed by atoms with E-state index in [1.54, 1.807) is 20.8 Å². The first-order valence-corrected chi connectivity index (χ1v) is 13.8. The number of benzene rings is 2. The number of Topliss-reactive ketones (excluding diaryl/α,β-unsaturated/α-hetero) is 1. The number of para-hydroxylation sites is 1. The zero-order valence-corrected chi connectivity index (χ0v) is 24.9. The van der Waals surface area contributed by atoms with Gasteiger partial charge in [-0.1, -0.05) is 48.5 Å². The summed E-state index contributed by atoms with van der Waals surface area (Å²) < 4.78 is 12.2. The number of nitrogens with one attached hydrogen (secondary N) is 2. The molecule has 1 amide bonds. The van der Waals surface area contributed by atoms with Crippen LogP contribution in [0.25, 0.3) is 10.9 Å². The molecule has 2 N–H and O–H groups in total. The number of quaternary nitrogens is 1. The molecule has 3 aromatic rings. The first kappa shape index (κ1) is 29.8. The highest BCUT2D eigenvalue weighted by Gasteiger charge is 2.49. The van der Waals surface area contributed by atoms with Gasteiger partial charge >= 0.3 is 12.1 Å². The molecule has 3 aliphatic rings. The Kier molecular flexibility index (Phi) is 9.05. The highest BCUT2D eigenvalue weighted by Crippen LogP contribution is 2.36. The maximum atomic E-state index is 13.6. The van der Waals surface area contributed by atoms with Gasteiger partial charge in [-0.15, -0.1) is 0 Å². The van der Waals surface area contributed by atoms with E-state index in [0.29, 0.717) is 23.1 Å². The van der Waals surface area contributed by atoms with Gasteiger partial charge < -0.3 is 41.2 Å². The largest absolute Gasteiger partial charge is 1.00 e. The molecule has 3 aliphatic heterocycles. The minimum atomic E-state index is -0.908. The Balaban J connectivity index is 0.00000370. The SMILES string of the molecule is CC(C)(C)OC(=O)NC(Cc1c[nH]c2ccccc12)C(=O)O[C@H]1C[N+]2(CC(=O)c3ccccc3)CCC1CC2.[Br-]. The van der Waals surface area contributed by atoms with Crippen LogP contribution in [0.2, 0.25) is 0 Å². The summed E-state index contributed by atoms with van der Waals surface area (Å²) in [6.45, 7) is 8.19. The number of hydrogen-bond acceptors (Lipinski definition) is 5. The molecule has 0 radical (unpaired) electrons. The topological polar surface area (TPSA) is 97.5 Å². The second-order valence-electron chi connectivity index (χ2n) is 12.0. The maximum Gasteiger partial charge on any atom is 0.408 e. The average molecular weight is 613 g/mol. The van der Waals surface area contributed by atoms with E-state index < -0.39 is 23.7 Å². The van der Waals surface area contributed by atoms with Crippen LogP contribution in [-0.4, -0.2) is 71.2 Å². The van der Waals surface area contributed by atoms with Crippen molar-refractivity contribution in [3.63, 3.8) is 0 Å². The van der Waals surface area contributed by atoms with E-state index in [2.05, 4.69) is 10.3 Å². The molecule has 3 fully saturated rings. The van der Waals surface area contributed by atoms with Crippen LogP contribution in [0.15, 0.2) is 60.8 Å². The van der Waals surface area contributed by atoms with Gasteiger partial charge in [0, 0.05) is 47.8 Å². The van der Waals surface area contributed by atoms with Crippen molar-refractivity contribution in [2.24, 2.45) is 5.92 Å². The number of ketones is 1. The number of esters is 1. The maximum absolute atomic E-state index is 13.6. The molecule has 0 spiro atoms. The number of fused-ring (bicyclic) bond motifs is 4. The van der Waals surface area contributed by atoms with Crippen LogP contribution in [0.4, 0.5) is 4.79 Å². The number of H-pyrrole nitrogens is 1. The van der Waals surface area contributed by atoms with Crippen molar-refractivity contribution in [1.82, 2.24) is 10.3 Å². The summed E-state index contributed by atoms with van der Waals surface area (Å²) in [4.78, 5) is 42.6. The first-order chi connectivity index (χ1) is 18.6. The van der Waals surface area contributed by atoms with Crippen molar-refractivity contribution in [2.75, 3.05) is 26.2 Å². The van der Waals surface area contributed by atoms with Gasteiger partial charge in [-0.2, -0.15) is 0 Å². The van der Waals surface area contributed by atoms with Crippen molar-refractivity contribution in [2.45, 2.75) is 57.8 Å². The lowest BCUT2D eigenvalue weighted by Crippen LogP contribution is -3.00. The molecule has 6 rings (SSSR count). The van der Waals surface area contributed by atoms with Gasteiger partial charge in [-0.3, -0.25) is 4.79 Å². The summed E-state index contributed by atoms with van der Waals surface area (Å²) in [5.41, 5.74) is 1.89. The number of carbonyl (C=O) groups excluding carboxylic acids is 3. The molecule has 1 unspecified atom stereocenters. The second kappa shape index (κ2) is 12.1. The first-order valence-electron chi connectivity index (χ1n) is 13.8. The molecule has 0 aliphatic carbocycles. The Labute approximate surface area is 245 Å². The van der Waals surface area contributed by atoms with Crippen LogP contribution in [0.1, 0.15) is 49.5 Å². The third-order valence-electron chi connectivity index (χ3n) is 7.96. The number of carbonyl (C=O) groups is 3. The second-order valence-corrected chi connectivity index (χ2v) is 12.0. The number of nitrogens with zero attached hydrogens (tertiary/aromatic N) is 1. The number of amides is 1. The van der Waals surface area contributed by atoms with E-state index >= 15 is 0 Å². The number of aromatic nitrogens is 1. The number of aromatic amines is 1. The quantitative estimate of drug-likeness (QED) is 0.229. The number of hydrogen-bond donors (Lipinski definition) is 2. The van der Waals surface area contributed by atoms with Crippen LogP contribution in [0.3, 0.4) is 0 Å². The monoisotopic (exact) mass is 611 g/mol. The van der Waals surface area contributed by atoms with Gasteiger partial charge in [0.15, 0.2) is 6.10 Å². The van der Waals surface area contributed by atoms with Crippen LogP contribution in [0.5, 0.6) is 0 Å². The zero-order chi connectivity index (χ0) is 27.6. The Morgan fingerprint density at radius 2 is 1.70 bits per heavy atom. The molecule has 8 nitrogen and oxygen atoms in total. The van der Waals surface area contributed by atoms with Crippen molar-refractivity contribution >= 4 is 28.7 Å². The standard InChI is InChI=1S/C31H37N3O5.BrH/c1-31(2,3)39-30(37)33-26(17-23-18-32-25-12-8-7-11-24(23)25)29(36)38-28-20-34(15-13-22(28)14-16-34)19-27(35)21-9-5-4-6-10-21;/h4-12,18,22,26,28,32H,13-17,19-20H2,1-3H3;1H/t22?,26?,28-,34?;/m0./s1. The minimum absolute atomic E-state index is 0. The summed E-state index contributed by atoms with van der Waals surface area (Å²) >= 11 is 0. The van der Waals surface area contributed by atoms with Crippen LogP contribution < -0.4 is 22.3 Å². The molecule has 2 atom stereocenters. The molecule has 3 saturated heterocycles. The normalized spacial score (nSPS) is 22.7. The molecule has 2 bridgehead atoms. The highest BCUT2D eigenvalue weighted by molar-refractivity contribution is 5.97. The van der Waals surface area contributed by atoms with Gasteiger partial charge in [0.05, 0.1) is 13.1 Å². The molecule has 214 valence electrons. The van der Waals surface area contributed by atoms with Gasteiger partial charge in [-0.05, 0) is 32.4 Å². The fraction of sp³-hybridized carbons (Fsp3) is 0.452. The summed E-state index contributed by atoms with van der Waals surface area (Å²) in [7, 11) is 0. The van der Waals surface area contributed by atoms with Crippen molar-refractivity contribution in [3.8, 4) is 0 Å². The Bertz CT molecular complexity index is 1340. The third kappa shape index (κ3) is 6.93. The lowest BCUT2D eigenvalue weighted by atomic mass is 9.82. The van der Waals surface area contributed by atoms with Crippen molar-refractivity contribution in [1.29, 1.82) is 0 Å². The molecule has 4 heterocycles. The molecular formula is C31H38BrN3O5. The summed E-state index contributed by atoms with van der Waals surface area (Å²) in [5.74, 6) is -0.0988. The van der Waals surface area contributed by atoms with Crippen LogP contribution in [0, 0.1) is 5.92 Å². The third-order valence-corrected chi connectivity index (χ3v) is 7.96. The molecule has 2 aromatic carbocycles. The lowest BCUT2D eigenvalue weighted by Gasteiger charge is -2.51. The average Bonchev–Trinajstić information content (AvgIpc) is 3.31. The summed E-state index contributed by atoms with van der Waals surface area (Å²) in [5, 5.41) is 3.76. The molecule has 40 heavy (non-hydrogen) atoms. The van der Waals surface area contributed by atoms with E-state index in [9.17, 15) is 14.4 Å². The van der Waals surface area contributed by atoms with Gasteiger partial charge in [0.2, 0.25) is 5.78 Å². The number of piperidine rings is 3. The Morgan fingerprint density at radius 1 is 1.02 bits per heavy atom. The van der Waals surface area contributed by atoms with E-state index in [4.69, 9.17) is 9.47 Å².